The molecular formula is C24H40IN5O2. The quantitative estimate of drug-likeness (QED) is 0.263. The molecule has 0 spiro atoms. The van der Waals surface area contributed by atoms with Crippen LogP contribution in [0.25, 0.3) is 0 Å². The Morgan fingerprint density at radius 2 is 1.88 bits per heavy atom. The standard InChI is InChI=1S/C24H39N5O2.HI/c1-3-22(29-13-7-10-23(29)30)11-12-26-24(25-4-2)27-18-20-8-5-6-9-21(20)19-28-14-16-31-17-15-28;/h5-6,8-9,22H,3-4,7,10-19H2,1-2H3,(H2,25,26,27);1H. The lowest BCUT2D eigenvalue weighted by atomic mass is 10.1. The molecule has 2 heterocycles. The van der Waals surface area contributed by atoms with Crippen molar-refractivity contribution >= 4 is 35.8 Å². The van der Waals surface area contributed by atoms with Gasteiger partial charge in [-0.1, -0.05) is 31.2 Å². The number of halogens is 1. The molecule has 0 aliphatic carbocycles. The number of likely N-dealkylation sites (tertiary alicyclic amines) is 1. The first kappa shape index (κ1) is 26.9. The zero-order valence-electron chi connectivity index (χ0n) is 19.6. The van der Waals surface area contributed by atoms with E-state index in [2.05, 4.69) is 58.5 Å². The first-order valence-corrected chi connectivity index (χ1v) is 11.9. The molecular weight excluding hydrogens is 517 g/mol. The van der Waals surface area contributed by atoms with E-state index in [0.717, 1.165) is 77.7 Å². The molecule has 3 rings (SSSR count). The second kappa shape index (κ2) is 14.7. The summed E-state index contributed by atoms with van der Waals surface area (Å²) in [4.78, 5) is 21.4. The molecule has 1 aromatic rings. The Kier molecular flexibility index (Phi) is 12.3. The number of carbonyl (C=O) groups is 1. The molecule has 2 N–H and O–H groups in total. The van der Waals surface area contributed by atoms with E-state index >= 15 is 0 Å². The Hall–Kier alpha value is -1.39. The number of aliphatic imine (C=N–C) groups is 1. The fraction of sp³-hybridized carbons (Fsp3) is 0.667. The molecule has 1 amide bonds. The van der Waals surface area contributed by atoms with Gasteiger partial charge < -0.3 is 20.3 Å². The normalized spacial score (nSPS) is 18.4. The van der Waals surface area contributed by atoms with E-state index in [1.54, 1.807) is 0 Å². The molecule has 7 nitrogen and oxygen atoms in total. The van der Waals surface area contributed by atoms with Crippen molar-refractivity contribution in [3.8, 4) is 0 Å². The zero-order valence-corrected chi connectivity index (χ0v) is 22.0. The Balaban J connectivity index is 0.00000363. The minimum absolute atomic E-state index is 0. The first-order chi connectivity index (χ1) is 15.2. The summed E-state index contributed by atoms with van der Waals surface area (Å²) in [7, 11) is 0. The molecule has 0 bridgehead atoms. The van der Waals surface area contributed by atoms with Gasteiger partial charge in [0, 0.05) is 51.7 Å². The van der Waals surface area contributed by atoms with Crippen LogP contribution in [0.15, 0.2) is 29.3 Å². The van der Waals surface area contributed by atoms with Crippen LogP contribution in [0.1, 0.15) is 50.7 Å². The Bertz CT molecular complexity index is 724. The summed E-state index contributed by atoms with van der Waals surface area (Å²) in [6.07, 6.45) is 3.64. The molecule has 32 heavy (non-hydrogen) atoms. The van der Waals surface area contributed by atoms with E-state index in [9.17, 15) is 4.79 Å². The Morgan fingerprint density at radius 3 is 2.53 bits per heavy atom. The lowest BCUT2D eigenvalue weighted by Crippen LogP contribution is -2.42. The molecule has 1 unspecified atom stereocenters. The number of nitrogens with one attached hydrogen (secondary N) is 2. The number of amides is 1. The van der Waals surface area contributed by atoms with Crippen molar-refractivity contribution in [3.63, 3.8) is 0 Å². The van der Waals surface area contributed by atoms with Crippen LogP contribution in [0.3, 0.4) is 0 Å². The van der Waals surface area contributed by atoms with Crippen LogP contribution in [0.2, 0.25) is 0 Å². The summed E-state index contributed by atoms with van der Waals surface area (Å²) in [5.74, 6) is 1.15. The molecule has 2 aliphatic rings. The molecule has 2 fully saturated rings. The molecule has 8 heteroatoms. The van der Waals surface area contributed by atoms with Crippen LogP contribution in [0.5, 0.6) is 0 Å². The van der Waals surface area contributed by atoms with Gasteiger partial charge in [-0.2, -0.15) is 0 Å². The van der Waals surface area contributed by atoms with Crippen molar-refractivity contribution < 1.29 is 9.53 Å². The van der Waals surface area contributed by atoms with Crippen molar-refractivity contribution in [2.24, 2.45) is 4.99 Å². The minimum Gasteiger partial charge on any atom is -0.379 e. The molecule has 0 radical (unpaired) electrons. The highest BCUT2D eigenvalue weighted by Gasteiger charge is 2.26. The molecule has 2 aliphatic heterocycles. The topological polar surface area (TPSA) is 69.2 Å². The van der Waals surface area contributed by atoms with Gasteiger partial charge in [-0.3, -0.25) is 9.69 Å². The zero-order chi connectivity index (χ0) is 21.9. The highest BCUT2D eigenvalue weighted by Crippen LogP contribution is 2.18. The molecule has 2 saturated heterocycles. The highest BCUT2D eigenvalue weighted by molar-refractivity contribution is 14.0. The number of hydrogen-bond donors (Lipinski definition) is 2. The number of guanidine groups is 1. The predicted molar refractivity (Wildman–Crippen MR) is 140 cm³/mol. The number of ether oxygens (including phenoxy) is 1. The third-order valence-corrected chi connectivity index (χ3v) is 6.16. The minimum atomic E-state index is 0. The lowest BCUT2D eigenvalue weighted by Gasteiger charge is -2.27. The van der Waals surface area contributed by atoms with Crippen LogP contribution >= 0.6 is 24.0 Å². The average molecular weight is 558 g/mol. The number of hydrogen-bond acceptors (Lipinski definition) is 4. The number of nitrogens with zero attached hydrogens (tertiary/aromatic N) is 3. The van der Waals surface area contributed by atoms with Crippen LogP contribution in [-0.2, 0) is 22.6 Å². The van der Waals surface area contributed by atoms with Gasteiger partial charge in [0.2, 0.25) is 5.91 Å². The van der Waals surface area contributed by atoms with Crippen LogP contribution in [-0.4, -0.2) is 73.6 Å². The van der Waals surface area contributed by atoms with Gasteiger partial charge >= 0.3 is 0 Å². The second-order valence-electron chi connectivity index (χ2n) is 8.32. The molecule has 0 aromatic heterocycles. The predicted octanol–water partition coefficient (Wildman–Crippen LogP) is 2.98. The maximum atomic E-state index is 12.1. The van der Waals surface area contributed by atoms with Crippen molar-refractivity contribution in [1.82, 2.24) is 20.4 Å². The van der Waals surface area contributed by atoms with Crippen LogP contribution in [0.4, 0.5) is 0 Å². The van der Waals surface area contributed by atoms with E-state index in [1.165, 1.54) is 11.1 Å². The van der Waals surface area contributed by atoms with E-state index in [0.29, 0.717) is 24.9 Å². The van der Waals surface area contributed by atoms with E-state index in [1.807, 2.05) is 0 Å². The van der Waals surface area contributed by atoms with Gasteiger partial charge in [-0.15, -0.1) is 24.0 Å². The third-order valence-electron chi connectivity index (χ3n) is 6.16. The largest absolute Gasteiger partial charge is 0.379 e. The monoisotopic (exact) mass is 557 g/mol. The molecule has 0 saturated carbocycles. The van der Waals surface area contributed by atoms with Crippen molar-refractivity contribution in [3.05, 3.63) is 35.4 Å². The maximum absolute atomic E-state index is 12.1. The van der Waals surface area contributed by atoms with Gasteiger partial charge in [0.05, 0.1) is 19.8 Å². The van der Waals surface area contributed by atoms with Gasteiger partial charge in [-0.25, -0.2) is 4.99 Å². The first-order valence-electron chi connectivity index (χ1n) is 11.9. The molecule has 1 atom stereocenters. The second-order valence-corrected chi connectivity index (χ2v) is 8.32. The smallest absolute Gasteiger partial charge is 0.222 e. The van der Waals surface area contributed by atoms with Gasteiger partial charge in [0.15, 0.2) is 5.96 Å². The summed E-state index contributed by atoms with van der Waals surface area (Å²) >= 11 is 0. The third kappa shape index (κ3) is 8.19. The Labute approximate surface area is 210 Å². The van der Waals surface area contributed by atoms with Crippen LogP contribution in [0, 0.1) is 0 Å². The highest BCUT2D eigenvalue weighted by atomic mass is 127. The fourth-order valence-corrected chi connectivity index (χ4v) is 4.36. The number of rotatable bonds is 10. The SMILES string of the molecule is CCNC(=NCc1ccccc1CN1CCOCC1)NCCC(CC)N1CCCC1=O.I. The van der Waals surface area contributed by atoms with E-state index < -0.39 is 0 Å². The average Bonchev–Trinajstić information content (AvgIpc) is 3.22. The van der Waals surface area contributed by atoms with Gasteiger partial charge in [0.1, 0.15) is 0 Å². The van der Waals surface area contributed by atoms with Crippen molar-refractivity contribution in [2.75, 3.05) is 45.9 Å². The van der Waals surface area contributed by atoms with Gasteiger partial charge in [0.25, 0.3) is 0 Å². The van der Waals surface area contributed by atoms with Crippen LogP contribution < -0.4 is 10.6 Å². The fourth-order valence-electron chi connectivity index (χ4n) is 4.36. The molecule has 1 aromatic carbocycles. The number of morpholine rings is 1. The summed E-state index contributed by atoms with van der Waals surface area (Å²) in [5.41, 5.74) is 2.60. The number of benzene rings is 1. The van der Waals surface area contributed by atoms with E-state index in [4.69, 9.17) is 9.73 Å². The summed E-state index contributed by atoms with van der Waals surface area (Å²) in [6, 6.07) is 8.90. The summed E-state index contributed by atoms with van der Waals surface area (Å²) in [6.45, 7) is 12.0. The summed E-state index contributed by atoms with van der Waals surface area (Å²) < 4.78 is 5.47. The van der Waals surface area contributed by atoms with Crippen molar-refractivity contribution in [2.45, 2.75) is 58.7 Å². The summed E-state index contributed by atoms with van der Waals surface area (Å²) in [5, 5.41) is 6.82. The number of carbonyl (C=O) groups excluding carboxylic acids is 1. The van der Waals surface area contributed by atoms with Crippen molar-refractivity contribution in [1.29, 1.82) is 0 Å². The lowest BCUT2D eigenvalue weighted by molar-refractivity contribution is -0.129. The van der Waals surface area contributed by atoms with E-state index in [-0.39, 0.29) is 24.0 Å². The Morgan fingerprint density at radius 1 is 1.12 bits per heavy atom. The maximum Gasteiger partial charge on any atom is 0.222 e. The van der Waals surface area contributed by atoms with Gasteiger partial charge in [-0.05, 0) is 37.3 Å². The molecule has 180 valence electrons.